The molecule has 0 amide bonds. The highest BCUT2D eigenvalue weighted by molar-refractivity contribution is 5.04. The third-order valence-electron chi connectivity index (χ3n) is 5.42. The van der Waals surface area contributed by atoms with Gasteiger partial charge >= 0.3 is 0 Å². The van der Waals surface area contributed by atoms with E-state index in [4.69, 9.17) is 4.74 Å². The van der Waals surface area contributed by atoms with Crippen LogP contribution in [0.1, 0.15) is 67.2 Å². The molecule has 20 heavy (non-hydrogen) atoms. The molecule has 2 fully saturated rings. The first-order chi connectivity index (χ1) is 9.29. The minimum Gasteiger partial charge on any atom is -0.377 e. The van der Waals surface area contributed by atoms with Gasteiger partial charge in [0.05, 0.1) is 6.10 Å². The molecule has 0 saturated heterocycles. The Hall–Kier alpha value is -0.0800. The van der Waals surface area contributed by atoms with Gasteiger partial charge in [-0.25, -0.2) is 0 Å². The Morgan fingerprint density at radius 1 is 1.05 bits per heavy atom. The summed E-state index contributed by atoms with van der Waals surface area (Å²) in [6, 6.07) is 1.37. The number of hydrogen-bond donors (Lipinski definition) is 1. The Balaban J connectivity index is 1.80. The molecule has 2 rings (SSSR count). The molecule has 2 saturated carbocycles. The summed E-state index contributed by atoms with van der Waals surface area (Å²) in [5.41, 5.74) is 0.290. The van der Waals surface area contributed by atoms with Crippen molar-refractivity contribution in [2.45, 2.75) is 85.4 Å². The van der Waals surface area contributed by atoms with E-state index in [-0.39, 0.29) is 0 Å². The number of hydrogen-bond acceptors (Lipinski definition) is 2. The van der Waals surface area contributed by atoms with Crippen LogP contribution in [0.2, 0.25) is 0 Å². The van der Waals surface area contributed by atoms with Gasteiger partial charge in [0.1, 0.15) is 0 Å². The number of nitrogens with one attached hydrogen (secondary N) is 1. The van der Waals surface area contributed by atoms with Crippen molar-refractivity contribution in [3.05, 3.63) is 0 Å². The van der Waals surface area contributed by atoms with Crippen molar-refractivity contribution in [2.75, 3.05) is 6.61 Å². The van der Waals surface area contributed by atoms with Crippen molar-refractivity contribution in [1.82, 2.24) is 5.32 Å². The van der Waals surface area contributed by atoms with Crippen molar-refractivity contribution in [1.29, 1.82) is 0 Å². The largest absolute Gasteiger partial charge is 0.377 e. The van der Waals surface area contributed by atoms with Gasteiger partial charge in [-0.2, -0.15) is 0 Å². The van der Waals surface area contributed by atoms with Crippen LogP contribution in [0.25, 0.3) is 0 Å². The van der Waals surface area contributed by atoms with Crippen LogP contribution in [0.3, 0.4) is 0 Å². The molecule has 0 bridgehead atoms. The highest BCUT2D eigenvalue weighted by Gasteiger charge is 2.49. The van der Waals surface area contributed by atoms with Gasteiger partial charge < -0.3 is 10.1 Å². The highest BCUT2D eigenvalue weighted by Crippen LogP contribution is 2.44. The van der Waals surface area contributed by atoms with Crippen LogP contribution in [-0.4, -0.2) is 24.8 Å². The van der Waals surface area contributed by atoms with Gasteiger partial charge in [0, 0.05) is 24.1 Å². The molecule has 0 spiro atoms. The van der Waals surface area contributed by atoms with Gasteiger partial charge in [-0.05, 0) is 43.4 Å². The van der Waals surface area contributed by atoms with Crippen LogP contribution in [0, 0.1) is 23.2 Å². The maximum Gasteiger partial charge on any atom is 0.0656 e. The first kappa shape index (κ1) is 16.3. The molecule has 2 heteroatoms. The maximum atomic E-state index is 6.08. The zero-order chi connectivity index (χ0) is 14.9. The van der Waals surface area contributed by atoms with E-state index in [1.807, 2.05) is 0 Å². The molecule has 0 aromatic carbocycles. The quantitative estimate of drug-likeness (QED) is 0.814. The summed E-state index contributed by atoms with van der Waals surface area (Å²) >= 11 is 0. The average Bonchev–Trinajstić information content (AvgIpc) is 2.31. The van der Waals surface area contributed by atoms with Crippen molar-refractivity contribution in [3.63, 3.8) is 0 Å². The topological polar surface area (TPSA) is 21.3 Å². The van der Waals surface area contributed by atoms with Gasteiger partial charge in [-0.3, -0.25) is 0 Å². The molecule has 2 nitrogen and oxygen atoms in total. The minimum atomic E-state index is 0.290. The van der Waals surface area contributed by atoms with Gasteiger partial charge in [0.2, 0.25) is 0 Å². The van der Waals surface area contributed by atoms with Crippen molar-refractivity contribution in [3.8, 4) is 0 Å². The van der Waals surface area contributed by atoms with Crippen molar-refractivity contribution >= 4 is 0 Å². The van der Waals surface area contributed by atoms with Gasteiger partial charge in [-0.15, -0.1) is 0 Å². The van der Waals surface area contributed by atoms with Crippen molar-refractivity contribution < 1.29 is 4.74 Å². The standard InChI is InChI=1S/C18H35NO/c1-12(2)11-20-17-10-16(18(17,5)6)19-15-8-13(3)7-14(4)9-15/h12-17,19H,7-11H2,1-6H3. The molecule has 2 aliphatic carbocycles. The van der Waals surface area contributed by atoms with E-state index in [9.17, 15) is 0 Å². The van der Waals surface area contributed by atoms with Crippen LogP contribution < -0.4 is 5.32 Å². The van der Waals surface area contributed by atoms with E-state index in [2.05, 4.69) is 46.9 Å². The average molecular weight is 281 g/mol. The molecular weight excluding hydrogens is 246 g/mol. The van der Waals surface area contributed by atoms with Gasteiger partial charge in [0.15, 0.2) is 0 Å². The monoisotopic (exact) mass is 281 g/mol. The normalized spacial score (nSPS) is 40.6. The van der Waals surface area contributed by atoms with E-state index in [0.29, 0.717) is 23.5 Å². The number of ether oxygens (including phenoxy) is 1. The lowest BCUT2D eigenvalue weighted by Crippen LogP contribution is -2.63. The van der Waals surface area contributed by atoms with Crippen molar-refractivity contribution in [2.24, 2.45) is 23.2 Å². The molecule has 0 aromatic rings. The summed E-state index contributed by atoms with van der Waals surface area (Å²) in [6.45, 7) is 14.9. The van der Waals surface area contributed by atoms with Crippen LogP contribution in [-0.2, 0) is 4.74 Å². The third kappa shape index (κ3) is 3.76. The Bertz CT molecular complexity index is 303. The van der Waals surface area contributed by atoms with Gasteiger partial charge in [-0.1, -0.05) is 41.5 Å². The second-order valence-corrected chi connectivity index (χ2v) is 8.61. The lowest BCUT2D eigenvalue weighted by molar-refractivity contribution is -0.127. The predicted octanol–water partition coefficient (Wildman–Crippen LogP) is 4.24. The van der Waals surface area contributed by atoms with Gasteiger partial charge in [0.25, 0.3) is 0 Å². The Morgan fingerprint density at radius 2 is 1.65 bits per heavy atom. The number of rotatable bonds is 5. The smallest absolute Gasteiger partial charge is 0.0656 e. The minimum absolute atomic E-state index is 0.290. The first-order valence-electron chi connectivity index (χ1n) is 8.66. The van der Waals surface area contributed by atoms with Crippen LogP contribution in [0.4, 0.5) is 0 Å². The van der Waals surface area contributed by atoms with E-state index in [0.717, 1.165) is 24.5 Å². The molecule has 4 unspecified atom stereocenters. The van der Waals surface area contributed by atoms with E-state index < -0.39 is 0 Å². The highest BCUT2D eigenvalue weighted by atomic mass is 16.5. The fourth-order valence-electron chi connectivity index (χ4n) is 4.13. The molecule has 0 aliphatic heterocycles. The van der Waals surface area contributed by atoms with E-state index >= 15 is 0 Å². The maximum absolute atomic E-state index is 6.08. The summed E-state index contributed by atoms with van der Waals surface area (Å²) in [4.78, 5) is 0. The summed E-state index contributed by atoms with van der Waals surface area (Å²) in [7, 11) is 0. The molecule has 4 atom stereocenters. The Morgan fingerprint density at radius 3 is 2.15 bits per heavy atom. The van der Waals surface area contributed by atoms with Crippen LogP contribution in [0.5, 0.6) is 0 Å². The second kappa shape index (κ2) is 6.36. The summed E-state index contributed by atoms with van der Waals surface area (Å²) < 4.78 is 6.08. The summed E-state index contributed by atoms with van der Waals surface area (Å²) in [6.07, 6.45) is 5.76. The summed E-state index contributed by atoms with van der Waals surface area (Å²) in [5, 5.41) is 3.94. The first-order valence-corrected chi connectivity index (χ1v) is 8.66. The zero-order valence-electron chi connectivity index (χ0n) is 14.4. The predicted molar refractivity (Wildman–Crippen MR) is 85.9 cm³/mol. The van der Waals surface area contributed by atoms with E-state index in [1.165, 1.54) is 25.7 Å². The fourth-order valence-corrected chi connectivity index (χ4v) is 4.13. The lowest BCUT2D eigenvalue weighted by atomic mass is 9.63. The van der Waals surface area contributed by atoms with Crippen LogP contribution >= 0.6 is 0 Å². The third-order valence-corrected chi connectivity index (χ3v) is 5.42. The molecule has 0 aromatic heterocycles. The zero-order valence-corrected chi connectivity index (χ0v) is 14.4. The fraction of sp³-hybridized carbons (Fsp3) is 1.00. The molecule has 118 valence electrons. The molecule has 2 aliphatic rings. The summed E-state index contributed by atoms with van der Waals surface area (Å²) in [5.74, 6) is 2.40. The molecule has 0 heterocycles. The Kier molecular flexibility index (Phi) is 5.18. The second-order valence-electron chi connectivity index (χ2n) is 8.61. The van der Waals surface area contributed by atoms with Crippen LogP contribution in [0.15, 0.2) is 0 Å². The molecular formula is C18H35NO. The molecule has 1 N–H and O–H groups in total. The molecule has 0 radical (unpaired) electrons. The van der Waals surface area contributed by atoms with E-state index in [1.54, 1.807) is 0 Å². The SMILES string of the molecule is CC(C)COC1CC(NC2CC(C)CC(C)C2)C1(C)C. The lowest BCUT2D eigenvalue weighted by Gasteiger charge is -2.54. The Labute approximate surface area is 126 Å².